The first-order chi connectivity index (χ1) is 14.0. The third-order valence-corrected chi connectivity index (χ3v) is 5.12. The molecule has 3 rings (SSSR count). The molecule has 1 aliphatic heterocycles. The minimum absolute atomic E-state index is 0.0246. The Labute approximate surface area is 171 Å². The molecule has 2 aromatic carbocycles. The highest BCUT2D eigenvalue weighted by molar-refractivity contribution is 5.53. The number of likely N-dealkylation sites (N-methyl/N-ethyl adjacent to an activating group) is 1. The largest absolute Gasteiger partial charge is 0.491 e. The highest BCUT2D eigenvalue weighted by atomic mass is 16.6. The Bertz CT molecular complexity index is 808. The van der Waals surface area contributed by atoms with Gasteiger partial charge in [-0.15, -0.1) is 0 Å². The molecule has 2 aromatic rings. The summed E-state index contributed by atoms with van der Waals surface area (Å²) in [5.41, 5.74) is 2.51. The molecular formula is C22H29N3O4. The number of nitro benzene ring substituents is 1. The number of ether oxygens (including phenoxy) is 1. The van der Waals surface area contributed by atoms with E-state index < -0.39 is 11.0 Å². The van der Waals surface area contributed by atoms with Crippen LogP contribution in [0, 0.1) is 10.1 Å². The van der Waals surface area contributed by atoms with Crippen LogP contribution in [0.5, 0.6) is 5.75 Å². The minimum atomic E-state index is -0.693. The van der Waals surface area contributed by atoms with Crippen LogP contribution in [0.3, 0.4) is 0 Å². The van der Waals surface area contributed by atoms with Crippen molar-refractivity contribution in [3.8, 4) is 5.75 Å². The number of nitro groups is 1. The van der Waals surface area contributed by atoms with Crippen molar-refractivity contribution in [2.45, 2.75) is 31.9 Å². The molecule has 1 fully saturated rings. The molecule has 1 N–H and O–H groups in total. The van der Waals surface area contributed by atoms with Gasteiger partial charge in [0.05, 0.1) is 11.0 Å². The van der Waals surface area contributed by atoms with Crippen LogP contribution in [0.2, 0.25) is 0 Å². The molecule has 7 heteroatoms. The van der Waals surface area contributed by atoms with Crippen LogP contribution in [0.1, 0.15) is 24.8 Å². The summed E-state index contributed by atoms with van der Waals surface area (Å²) in [5.74, 6) is 0.386. The van der Waals surface area contributed by atoms with Crippen molar-refractivity contribution in [3.05, 3.63) is 64.2 Å². The van der Waals surface area contributed by atoms with Gasteiger partial charge in [0.25, 0.3) is 5.69 Å². The molecule has 1 saturated heterocycles. The fraction of sp³-hybridized carbons (Fsp3) is 0.455. The summed E-state index contributed by atoms with van der Waals surface area (Å²) in [6, 6.07) is 14.5. The Kier molecular flexibility index (Phi) is 7.43. The standard InChI is InChI=1S/C22H29N3O4/c1-23(15-18-8-3-4-11-22(18)24-12-5-2-6-13-24)16-20(26)17-29-21-10-7-9-19(14-21)25(27)28/h3-4,7-11,14,20,26H,2,5-6,12-13,15-17H2,1H3/t20-/m1/s1. The van der Waals surface area contributed by atoms with Crippen LogP contribution in [-0.2, 0) is 6.54 Å². The third kappa shape index (κ3) is 6.17. The van der Waals surface area contributed by atoms with Crippen LogP contribution in [0.15, 0.2) is 48.5 Å². The lowest BCUT2D eigenvalue weighted by atomic mass is 10.1. The number of para-hydroxylation sites is 1. The highest BCUT2D eigenvalue weighted by Gasteiger charge is 2.16. The van der Waals surface area contributed by atoms with Crippen molar-refractivity contribution in [2.24, 2.45) is 0 Å². The Morgan fingerprint density at radius 2 is 1.93 bits per heavy atom. The highest BCUT2D eigenvalue weighted by Crippen LogP contribution is 2.25. The molecule has 0 spiro atoms. The van der Waals surface area contributed by atoms with E-state index in [2.05, 4.69) is 34.1 Å². The summed E-state index contributed by atoms with van der Waals surface area (Å²) in [5, 5.41) is 21.2. The zero-order valence-electron chi connectivity index (χ0n) is 16.9. The molecule has 0 aliphatic carbocycles. The minimum Gasteiger partial charge on any atom is -0.491 e. The molecule has 156 valence electrons. The van der Waals surface area contributed by atoms with Crippen molar-refractivity contribution in [2.75, 3.05) is 38.2 Å². The predicted octanol–water partition coefficient (Wildman–Crippen LogP) is 3.46. The van der Waals surface area contributed by atoms with Gasteiger partial charge < -0.3 is 14.7 Å². The average molecular weight is 399 g/mol. The Hall–Kier alpha value is -2.64. The van der Waals surface area contributed by atoms with Crippen LogP contribution in [-0.4, -0.2) is 54.3 Å². The first-order valence-electron chi connectivity index (χ1n) is 10.1. The first-order valence-corrected chi connectivity index (χ1v) is 10.1. The SMILES string of the molecule is CN(Cc1ccccc1N1CCCCC1)C[C@@H](O)COc1cccc([N+](=O)[O-])c1. The smallest absolute Gasteiger partial charge is 0.273 e. The van der Waals surface area contributed by atoms with E-state index in [0.29, 0.717) is 12.3 Å². The molecule has 0 amide bonds. The molecular weight excluding hydrogens is 370 g/mol. The average Bonchev–Trinajstić information content (AvgIpc) is 2.73. The lowest BCUT2D eigenvalue weighted by Gasteiger charge is -2.31. The molecule has 7 nitrogen and oxygen atoms in total. The van der Waals surface area contributed by atoms with Gasteiger partial charge in [0.1, 0.15) is 18.5 Å². The zero-order valence-corrected chi connectivity index (χ0v) is 16.9. The second-order valence-corrected chi connectivity index (χ2v) is 7.59. The van der Waals surface area contributed by atoms with Crippen molar-refractivity contribution >= 4 is 11.4 Å². The van der Waals surface area contributed by atoms with E-state index >= 15 is 0 Å². The number of benzene rings is 2. The lowest BCUT2D eigenvalue weighted by Crippen LogP contribution is -2.34. The van der Waals surface area contributed by atoms with Crippen LogP contribution < -0.4 is 9.64 Å². The molecule has 0 unspecified atom stereocenters. The third-order valence-electron chi connectivity index (χ3n) is 5.12. The zero-order chi connectivity index (χ0) is 20.6. The fourth-order valence-electron chi connectivity index (χ4n) is 3.73. The number of nitrogens with zero attached hydrogens (tertiary/aromatic N) is 3. The summed E-state index contributed by atoms with van der Waals surface area (Å²) < 4.78 is 5.54. The van der Waals surface area contributed by atoms with E-state index in [-0.39, 0.29) is 12.3 Å². The summed E-state index contributed by atoms with van der Waals surface area (Å²) >= 11 is 0. The number of piperidine rings is 1. The second kappa shape index (κ2) is 10.2. The summed E-state index contributed by atoms with van der Waals surface area (Å²) in [6.45, 7) is 3.46. The number of rotatable bonds is 9. The van der Waals surface area contributed by atoms with Crippen molar-refractivity contribution in [3.63, 3.8) is 0 Å². The number of hydrogen-bond donors (Lipinski definition) is 1. The maximum absolute atomic E-state index is 10.8. The van der Waals surface area contributed by atoms with E-state index in [1.807, 2.05) is 7.05 Å². The van der Waals surface area contributed by atoms with Crippen LogP contribution >= 0.6 is 0 Å². The normalized spacial score (nSPS) is 15.3. The van der Waals surface area contributed by atoms with Gasteiger partial charge in [-0.2, -0.15) is 0 Å². The lowest BCUT2D eigenvalue weighted by molar-refractivity contribution is -0.384. The van der Waals surface area contributed by atoms with E-state index in [1.165, 1.54) is 42.6 Å². The van der Waals surface area contributed by atoms with Crippen molar-refractivity contribution < 1.29 is 14.8 Å². The molecule has 0 aromatic heterocycles. The number of aliphatic hydroxyl groups excluding tert-OH is 1. The van der Waals surface area contributed by atoms with Gasteiger partial charge in [-0.1, -0.05) is 24.3 Å². The topological polar surface area (TPSA) is 79.1 Å². The molecule has 1 heterocycles. The number of anilines is 1. The number of non-ortho nitro benzene ring substituents is 1. The van der Waals surface area contributed by atoms with Gasteiger partial charge in [0, 0.05) is 37.9 Å². The summed E-state index contributed by atoms with van der Waals surface area (Å²) in [7, 11) is 1.98. The second-order valence-electron chi connectivity index (χ2n) is 7.59. The Balaban J connectivity index is 1.52. The first kappa shape index (κ1) is 21.1. The van der Waals surface area contributed by atoms with Gasteiger partial charge in [-0.25, -0.2) is 0 Å². The monoisotopic (exact) mass is 399 g/mol. The van der Waals surface area contributed by atoms with E-state index in [1.54, 1.807) is 12.1 Å². The maximum atomic E-state index is 10.8. The van der Waals surface area contributed by atoms with E-state index in [0.717, 1.165) is 19.6 Å². The Morgan fingerprint density at radius 1 is 1.17 bits per heavy atom. The van der Waals surface area contributed by atoms with Gasteiger partial charge >= 0.3 is 0 Å². The number of hydrogen-bond acceptors (Lipinski definition) is 6. The predicted molar refractivity (Wildman–Crippen MR) is 113 cm³/mol. The van der Waals surface area contributed by atoms with E-state index in [9.17, 15) is 15.2 Å². The summed E-state index contributed by atoms with van der Waals surface area (Å²) in [6.07, 6.45) is 3.08. The number of aliphatic hydroxyl groups is 1. The molecule has 0 bridgehead atoms. The molecule has 29 heavy (non-hydrogen) atoms. The molecule has 0 radical (unpaired) electrons. The van der Waals surface area contributed by atoms with Gasteiger partial charge in [-0.3, -0.25) is 15.0 Å². The molecule has 1 atom stereocenters. The van der Waals surface area contributed by atoms with Crippen LogP contribution in [0.4, 0.5) is 11.4 Å². The molecule has 1 aliphatic rings. The maximum Gasteiger partial charge on any atom is 0.273 e. The fourth-order valence-corrected chi connectivity index (χ4v) is 3.73. The Morgan fingerprint density at radius 3 is 2.69 bits per heavy atom. The van der Waals surface area contributed by atoms with Crippen LogP contribution in [0.25, 0.3) is 0 Å². The molecule has 0 saturated carbocycles. The quantitative estimate of drug-likeness (QED) is 0.514. The van der Waals surface area contributed by atoms with Gasteiger partial charge in [-0.05, 0) is 44.0 Å². The van der Waals surface area contributed by atoms with E-state index in [4.69, 9.17) is 4.74 Å². The van der Waals surface area contributed by atoms with Crippen molar-refractivity contribution in [1.29, 1.82) is 0 Å². The van der Waals surface area contributed by atoms with Gasteiger partial charge in [0.15, 0.2) is 0 Å². The van der Waals surface area contributed by atoms with Crippen molar-refractivity contribution in [1.82, 2.24) is 4.90 Å². The summed E-state index contributed by atoms with van der Waals surface area (Å²) in [4.78, 5) is 14.9. The van der Waals surface area contributed by atoms with Gasteiger partial charge in [0.2, 0.25) is 0 Å².